The number of ketones is 1. The molecule has 10 heteroatoms. The normalized spacial score (nSPS) is 12.1. The lowest BCUT2D eigenvalue weighted by Crippen LogP contribution is -2.23. The maximum absolute atomic E-state index is 12.3. The third kappa shape index (κ3) is 2.35. The van der Waals surface area contributed by atoms with Crippen LogP contribution in [0.1, 0.15) is 10.5 Å². The molecule has 0 radical (unpaired) electrons. The van der Waals surface area contributed by atoms with Gasteiger partial charge in [0.05, 0.1) is 0 Å². The van der Waals surface area contributed by atoms with Crippen molar-refractivity contribution in [3.8, 4) is 5.88 Å². The Morgan fingerprint density at radius 1 is 1.47 bits per heavy atom. The Balaban J connectivity index is 2.73. The lowest BCUT2D eigenvalue weighted by Gasteiger charge is -2.03. The minimum absolute atomic E-state index is 0.00661. The number of aromatic hydroxyl groups is 1. The molecule has 102 valence electrons. The first-order chi connectivity index (χ1) is 8.75. The molecule has 0 aliphatic heterocycles. The Labute approximate surface area is 113 Å². The first-order valence-electron chi connectivity index (χ1n) is 4.69. The van der Waals surface area contributed by atoms with E-state index in [1.807, 2.05) is 0 Å². The molecule has 0 aliphatic rings. The largest absolute Gasteiger partial charge is 0.492 e. The SMILES string of the molecule is CSc1nc(Cl)cc2nc(C(=O)C(F)(F)F)c(O)n12. The summed E-state index contributed by atoms with van der Waals surface area (Å²) in [7, 11) is 0. The first kappa shape index (κ1) is 13.9. The third-order valence-electron chi connectivity index (χ3n) is 2.18. The summed E-state index contributed by atoms with van der Waals surface area (Å²) in [5.74, 6) is -3.14. The summed E-state index contributed by atoms with van der Waals surface area (Å²) in [6, 6.07) is 1.15. The molecule has 0 aromatic carbocycles. The van der Waals surface area contributed by atoms with Gasteiger partial charge in [-0.1, -0.05) is 23.4 Å². The molecular formula is C9H5ClF3N3O2S. The molecular weight excluding hydrogens is 307 g/mol. The zero-order chi connectivity index (χ0) is 14.4. The van der Waals surface area contributed by atoms with Crippen molar-refractivity contribution in [3.05, 3.63) is 16.9 Å². The van der Waals surface area contributed by atoms with E-state index in [-0.39, 0.29) is 16.0 Å². The number of hydrogen-bond donors (Lipinski definition) is 1. The van der Waals surface area contributed by atoms with Crippen LogP contribution in [-0.2, 0) is 0 Å². The number of Topliss-reactive ketones (excluding diaryl/α,β-unsaturated/α-hetero) is 1. The fourth-order valence-corrected chi connectivity index (χ4v) is 2.20. The summed E-state index contributed by atoms with van der Waals surface area (Å²) in [6.45, 7) is 0. The average molecular weight is 312 g/mol. The lowest BCUT2D eigenvalue weighted by atomic mass is 10.3. The summed E-state index contributed by atoms with van der Waals surface area (Å²) < 4.78 is 38.0. The van der Waals surface area contributed by atoms with Crippen LogP contribution in [0.4, 0.5) is 13.2 Å². The second kappa shape index (κ2) is 4.57. The van der Waals surface area contributed by atoms with Crippen molar-refractivity contribution in [3.63, 3.8) is 0 Å². The molecule has 0 aliphatic carbocycles. The van der Waals surface area contributed by atoms with Crippen molar-refractivity contribution in [2.45, 2.75) is 11.3 Å². The number of carbonyl (C=O) groups is 1. The standard InChI is InChI=1S/C9H5ClF3N3O2S/c1-19-8-14-3(10)2-4-15-5(7(18)16(4)8)6(17)9(11,12)13/h2,18H,1H3. The number of thioether (sulfide) groups is 1. The minimum Gasteiger partial charge on any atom is -0.492 e. The van der Waals surface area contributed by atoms with Crippen LogP contribution in [0.25, 0.3) is 5.65 Å². The molecule has 2 heterocycles. The van der Waals surface area contributed by atoms with Crippen molar-refractivity contribution >= 4 is 34.8 Å². The molecule has 0 saturated carbocycles. The highest BCUT2D eigenvalue weighted by atomic mass is 35.5. The van der Waals surface area contributed by atoms with Crippen LogP contribution in [0.2, 0.25) is 5.15 Å². The molecule has 0 atom stereocenters. The van der Waals surface area contributed by atoms with Gasteiger partial charge in [0.15, 0.2) is 10.9 Å². The molecule has 0 bridgehead atoms. The van der Waals surface area contributed by atoms with Crippen molar-refractivity contribution < 1.29 is 23.1 Å². The predicted octanol–water partition coefficient (Wildman–Crippen LogP) is 2.56. The Kier molecular flexibility index (Phi) is 3.35. The smallest absolute Gasteiger partial charge is 0.456 e. The number of carbonyl (C=O) groups excluding carboxylic acids is 1. The van der Waals surface area contributed by atoms with Crippen LogP contribution in [0.5, 0.6) is 5.88 Å². The number of aromatic nitrogens is 3. The van der Waals surface area contributed by atoms with E-state index < -0.39 is 23.5 Å². The van der Waals surface area contributed by atoms with Gasteiger partial charge in [0.2, 0.25) is 5.88 Å². The van der Waals surface area contributed by atoms with E-state index in [2.05, 4.69) is 9.97 Å². The Morgan fingerprint density at radius 3 is 2.63 bits per heavy atom. The molecule has 19 heavy (non-hydrogen) atoms. The fourth-order valence-electron chi connectivity index (χ4n) is 1.42. The highest BCUT2D eigenvalue weighted by Crippen LogP contribution is 2.30. The molecule has 2 rings (SSSR count). The van der Waals surface area contributed by atoms with Gasteiger partial charge in [0, 0.05) is 6.07 Å². The van der Waals surface area contributed by atoms with Crippen LogP contribution >= 0.6 is 23.4 Å². The van der Waals surface area contributed by atoms with Gasteiger partial charge >= 0.3 is 6.18 Å². The summed E-state index contributed by atoms with van der Waals surface area (Å²) in [4.78, 5) is 18.4. The van der Waals surface area contributed by atoms with Crippen molar-refractivity contribution in [2.24, 2.45) is 0 Å². The van der Waals surface area contributed by atoms with Gasteiger partial charge in [0.1, 0.15) is 10.8 Å². The first-order valence-corrected chi connectivity index (χ1v) is 6.29. The number of nitrogens with zero attached hydrogens (tertiary/aromatic N) is 3. The fraction of sp³-hybridized carbons (Fsp3) is 0.222. The van der Waals surface area contributed by atoms with E-state index in [4.69, 9.17) is 11.6 Å². The monoisotopic (exact) mass is 311 g/mol. The molecule has 5 nitrogen and oxygen atoms in total. The molecule has 0 saturated heterocycles. The van der Waals surface area contributed by atoms with E-state index in [0.29, 0.717) is 0 Å². The molecule has 2 aromatic heterocycles. The van der Waals surface area contributed by atoms with Gasteiger partial charge in [0.25, 0.3) is 5.78 Å². The third-order valence-corrected chi connectivity index (χ3v) is 3.01. The predicted molar refractivity (Wildman–Crippen MR) is 61.8 cm³/mol. The lowest BCUT2D eigenvalue weighted by molar-refractivity contribution is -0.0889. The molecule has 0 amide bonds. The Morgan fingerprint density at radius 2 is 2.11 bits per heavy atom. The number of hydrogen-bond acceptors (Lipinski definition) is 5. The molecule has 1 N–H and O–H groups in total. The van der Waals surface area contributed by atoms with Crippen LogP contribution in [-0.4, -0.2) is 37.7 Å². The minimum atomic E-state index is -5.12. The van der Waals surface area contributed by atoms with Gasteiger partial charge < -0.3 is 5.11 Å². The summed E-state index contributed by atoms with van der Waals surface area (Å²) in [5, 5.41) is 9.82. The number of imidazole rings is 1. The van der Waals surface area contributed by atoms with Crippen LogP contribution < -0.4 is 0 Å². The maximum atomic E-state index is 12.3. The zero-order valence-electron chi connectivity index (χ0n) is 9.19. The van der Waals surface area contributed by atoms with Crippen molar-refractivity contribution in [1.82, 2.24) is 14.4 Å². The number of fused-ring (bicyclic) bond motifs is 1. The molecule has 0 fully saturated rings. The number of alkyl halides is 3. The highest BCUT2D eigenvalue weighted by Gasteiger charge is 2.43. The van der Waals surface area contributed by atoms with Gasteiger partial charge in [-0.05, 0) is 6.26 Å². The van der Waals surface area contributed by atoms with E-state index in [1.54, 1.807) is 6.26 Å². The van der Waals surface area contributed by atoms with Crippen molar-refractivity contribution in [2.75, 3.05) is 6.26 Å². The van der Waals surface area contributed by atoms with E-state index >= 15 is 0 Å². The van der Waals surface area contributed by atoms with E-state index in [1.165, 1.54) is 0 Å². The number of rotatable bonds is 2. The van der Waals surface area contributed by atoms with E-state index in [9.17, 15) is 23.1 Å². The summed E-state index contributed by atoms with van der Waals surface area (Å²) in [5.41, 5.74) is -1.17. The van der Waals surface area contributed by atoms with Crippen LogP contribution in [0.15, 0.2) is 11.2 Å². The zero-order valence-corrected chi connectivity index (χ0v) is 10.8. The van der Waals surface area contributed by atoms with Gasteiger partial charge in [-0.25, -0.2) is 14.4 Å². The maximum Gasteiger partial charge on any atom is 0.456 e. The Hall–Kier alpha value is -1.48. The van der Waals surface area contributed by atoms with Gasteiger partial charge in [-0.15, -0.1) is 0 Å². The number of halogens is 4. The average Bonchev–Trinajstić information content (AvgIpc) is 2.63. The molecule has 0 spiro atoms. The molecule has 2 aromatic rings. The topological polar surface area (TPSA) is 67.5 Å². The molecule has 0 unspecified atom stereocenters. The van der Waals surface area contributed by atoms with Crippen LogP contribution in [0.3, 0.4) is 0 Å². The van der Waals surface area contributed by atoms with Gasteiger partial charge in [-0.3, -0.25) is 4.79 Å². The highest BCUT2D eigenvalue weighted by molar-refractivity contribution is 7.98. The summed E-state index contributed by atoms with van der Waals surface area (Å²) >= 11 is 6.70. The quantitative estimate of drug-likeness (QED) is 0.399. The van der Waals surface area contributed by atoms with Gasteiger partial charge in [-0.2, -0.15) is 13.2 Å². The van der Waals surface area contributed by atoms with Crippen molar-refractivity contribution in [1.29, 1.82) is 0 Å². The Bertz CT molecular complexity index is 671. The second-order valence-corrected chi connectivity index (χ2v) is 4.53. The second-order valence-electron chi connectivity index (χ2n) is 3.37. The van der Waals surface area contributed by atoms with E-state index in [0.717, 1.165) is 22.2 Å². The van der Waals surface area contributed by atoms with Crippen LogP contribution in [0, 0.1) is 0 Å². The summed E-state index contributed by atoms with van der Waals surface area (Å²) in [6.07, 6.45) is -3.53.